The molecule has 0 saturated carbocycles. The molecule has 6 heteroatoms. The van der Waals surface area contributed by atoms with Crippen molar-refractivity contribution < 1.29 is 4.74 Å². The lowest BCUT2D eigenvalue weighted by Crippen LogP contribution is -1.96. The summed E-state index contributed by atoms with van der Waals surface area (Å²) in [5.74, 6) is 1.57. The zero-order chi connectivity index (χ0) is 18.1. The Morgan fingerprint density at radius 1 is 1.08 bits per heavy atom. The third-order valence-corrected chi connectivity index (χ3v) is 5.39. The molecule has 26 heavy (non-hydrogen) atoms. The second-order valence-corrected chi connectivity index (χ2v) is 7.44. The van der Waals surface area contributed by atoms with Gasteiger partial charge in [-0.15, -0.1) is 11.3 Å². The Labute approximate surface area is 160 Å². The van der Waals surface area contributed by atoms with Crippen molar-refractivity contribution in [2.75, 3.05) is 12.4 Å². The number of aryl methyl sites for hydroxylation is 1. The van der Waals surface area contributed by atoms with Gasteiger partial charge in [-0.25, -0.2) is 9.97 Å². The maximum atomic E-state index is 6.05. The summed E-state index contributed by atoms with van der Waals surface area (Å²) in [5, 5.41) is 5.14. The van der Waals surface area contributed by atoms with Gasteiger partial charge >= 0.3 is 0 Å². The van der Waals surface area contributed by atoms with Gasteiger partial charge < -0.3 is 10.1 Å². The zero-order valence-corrected chi connectivity index (χ0v) is 15.9. The SMILES string of the molecule is COc1cccc(Nc2ncnc3sc(C)c(-c4ccc(Cl)cc4)c23)c1. The van der Waals surface area contributed by atoms with Gasteiger partial charge in [0, 0.05) is 27.2 Å². The van der Waals surface area contributed by atoms with Crippen LogP contribution < -0.4 is 10.1 Å². The molecule has 0 aliphatic heterocycles. The summed E-state index contributed by atoms with van der Waals surface area (Å²) in [6.45, 7) is 2.10. The van der Waals surface area contributed by atoms with E-state index in [1.165, 1.54) is 4.88 Å². The first kappa shape index (κ1) is 16.8. The zero-order valence-electron chi connectivity index (χ0n) is 14.3. The minimum Gasteiger partial charge on any atom is -0.497 e. The van der Waals surface area contributed by atoms with Gasteiger partial charge in [0.2, 0.25) is 0 Å². The highest BCUT2D eigenvalue weighted by molar-refractivity contribution is 7.19. The Bertz CT molecular complexity index is 1080. The van der Waals surface area contributed by atoms with Crippen LogP contribution in [0.4, 0.5) is 11.5 Å². The molecular formula is C20H16ClN3OS. The molecule has 130 valence electrons. The molecule has 2 aromatic carbocycles. The van der Waals surface area contributed by atoms with Crippen LogP contribution in [0.25, 0.3) is 21.3 Å². The fourth-order valence-electron chi connectivity index (χ4n) is 2.94. The first-order valence-electron chi connectivity index (χ1n) is 8.07. The number of aromatic nitrogens is 2. The smallest absolute Gasteiger partial charge is 0.143 e. The van der Waals surface area contributed by atoms with Crippen LogP contribution in [0.15, 0.2) is 54.9 Å². The van der Waals surface area contributed by atoms with Crippen molar-refractivity contribution in [3.05, 3.63) is 64.8 Å². The lowest BCUT2D eigenvalue weighted by molar-refractivity contribution is 0.415. The molecule has 1 N–H and O–H groups in total. The number of benzene rings is 2. The monoisotopic (exact) mass is 381 g/mol. The molecule has 4 nitrogen and oxygen atoms in total. The van der Waals surface area contributed by atoms with Gasteiger partial charge in [-0.05, 0) is 36.8 Å². The van der Waals surface area contributed by atoms with Crippen molar-refractivity contribution in [2.24, 2.45) is 0 Å². The molecule has 2 heterocycles. The van der Waals surface area contributed by atoms with E-state index < -0.39 is 0 Å². The van der Waals surface area contributed by atoms with Crippen molar-refractivity contribution in [3.8, 4) is 16.9 Å². The highest BCUT2D eigenvalue weighted by Gasteiger charge is 2.17. The third kappa shape index (κ3) is 3.11. The molecule has 0 spiro atoms. The van der Waals surface area contributed by atoms with E-state index in [4.69, 9.17) is 16.3 Å². The quantitative estimate of drug-likeness (QED) is 0.466. The Balaban J connectivity index is 1.86. The van der Waals surface area contributed by atoms with Crippen LogP contribution in [0.5, 0.6) is 5.75 Å². The van der Waals surface area contributed by atoms with E-state index in [2.05, 4.69) is 22.2 Å². The Kier molecular flexibility index (Phi) is 4.49. The van der Waals surface area contributed by atoms with Gasteiger partial charge in [0.15, 0.2) is 0 Å². The summed E-state index contributed by atoms with van der Waals surface area (Å²) in [6, 6.07) is 15.6. The van der Waals surface area contributed by atoms with Gasteiger partial charge in [0.1, 0.15) is 22.7 Å². The molecule has 0 unspecified atom stereocenters. The van der Waals surface area contributed by atoms with Crippen molar-refractivity contribution in [1.82, 2.24) is 9.97 Å². The largest absolute Gasteiger partial charge is 0.497 e. The van der Waals surface area contributed by atoms with E-state index in [0.29, 0.717) is 0 Å². The molecular weight excluding hydrogens is 366 g/mol. The summed E-state index contributed by atoms with van der Waals surface area (Å²) in [7, 11) is 1.66. The fraction of sp³-hybridized carbons (Fsp3) is 0.100. The minimum atomic E-state index is 0.719. The normalized spacial score (nSPS) is 10.9. The molecule has 0 aliphatic rings. The predicted octanol–water partition coefficient (Wildman–Crippen LogP) is 6.07. The Morgan fingerprint density at radius 2 is 1.88 bits per heavy atom. The van der Waals surface area contributed by atoms with Crippen molar-refractivity contribution in [1.29, 1.82) is 0 Å². The van der Waals surface area contributed by atoms with Crippen molar-refractivity contribution in [2.45, 2.75) is 6.92 Å². The number of thiophene rings is 1. The number of nitrogens with zero attached hydrogens (tertiary/aromatic N) is 2. The van der Waals surface area contributed by atoms with E-state index in [1.807, 2.05) is 48.5 Å². The van der Waals surface area contributed by atoms with E-state index in [0.717, 1.165) is 43.6 Å². The number of ether oxygens (including phenoxy) is 1. The van der Waals surface area contributed by atoms with E-state index in [1.54, 1.807) is 24.8 Å². The van der Waals surface area contributed by atoms with Gasteiger partial charge in [0.25, 0.3) is 0 Å². The molecule has 0 amide bonds. The first-order valence-corrected chi connectivity index (χ1v) is 9.26. The predicted molar refractivity (Wildman–Crippen MR) is 109 cm³/mol. The summed E-state index contributed by atoms with van der Waals surface area (Å²) < 4.78 is 5.31. The molecule has 0 radical (unpaired) electrons. The average Bonchev–Trinajstić information content (AvgIpc) is 2.99. The topological polar surface area (TPSA) is 47.0 Å². The van der Waals surface area contributed by atoms with E-state index >= 15 is 0 Å². The maximum absolute atomic E-state index is 6.05. The number of nitrogens with one attached hydrogen (secondary N) is 1. The van der Waals surface area contributed by atoms with Gasteiger partial charge in [-0.1, -0.05) is 29.8 Å². The molecule has 4 rings (SSSR count). The average molecular weight is 382 g/mol. The van der Waals surface area contributed by atoms with Crippen molar-refractivity contribution >= 4 is 44.7 Å². The van der Waals surface area contributed by atoms with E-state index in [9.17, 15) is 0 Å². The number of hydrogen-bond donors (Lipinski definition) is 1. The highest BCUT2D eigenvalue weighted by Crippen LogP contribution is 2.41. The summed E-state index contributed by atoms with van der Waals surface area (Å²) >= 11 is 7.71. The molecule has 0 fully saturated rings. The van der Waals surface area contributed by atoms with Gasteiger partial charge in [-0.3, -0.25) is 0 Å². The second-order valence-electron chi connectivity index (χ2n) is 5.80. The summed E-state index contributed by atoms with van der Waals surface area (Å²) in [4.78, 5) is 11.1. The van der Waals surface area contributed by atoms with Crippen LogP contribution in [0, 0.1) is 6.92 Å². The number of fused-ring (bicyclic) bond motifs is 1. The van der Waals surface area contributed by atoms with Gasteiger partial charge in [0.05, 0.1) is 12.5 Å². The minimum absolute atomic E-state index is 0.719. The maximum Gasteiger partial charge on any atom is 0.143 e. The number of anilines is 2. The van der Waals surface area contributed by atoms with Crippen LogP contribution in [0.2, 0.25) is 5.02 Å². The summed E-state index contributed by atoms with van der Waals surface area (Å²) in [6.07, 6.45) is 1.59. The lowest BCUT2D eigenvalue weighted by atomic mass is 10.0. The summed E-state index contributed by atoms with van der Waals surface area (Å²) in [5.41, 5.74) is 3.14. The van der Waals surface area contributed by atoms with Crippen LogP contribution >= 0.6 is 22.9 Å². The molecule has 0 atom stereocenters. The van der Waals surface area contributed by atoms with Crippen LogP contribution in [-0.4, -0.2) is 17.1 Å². The molecule has 0 saturated heterocycles. The molecule has 0 bridgehead atoms. The Morgan fingerprint density at radius 3 is 2.65 bits per heavy atom. The third-order valence-electron chi connectivity index (χ3n) is 4.13. The Hall–Kier alpha value is -2.63. The number of methoxy groups -OCH3 is 1. The molecule has 0 aliphatic carbocycles. The highest BCUT2D eigenvalue weighted by atomic mass is 35.5. The second kappa shape index (κ2) is 6.94. The number of rotatable bonds is 4. The number of halogens is 1. The molecule has 2 aromatic heterocycles. The van der Waals surface area contributed by atoms with Crippen LogP contribution in [-0.2, 0) is 0 Å². The van der Waals surface area contributed by atoms with Crippen molar-refractivity contribution in [3.63, 3.8) is 0 Å². The van der Waals surface area contributed by atoms with Crippen LogP contribution in [0.1, 0.15) is 4.88 Å². The van der Waals surface area contributed by atoms with Crippen LogP contribution in [0.3, 0.4) is 0 Å². The lowest BCUT2D eigenvalue weighted by Gasteiger charge is -2.10. The van der Waals surface area contributed by atoms with Gasteiger partial charge in [-0.2, -0.15) is 0 Å². The molecule has 4 aromatic rings. The van der Waals surface area contributed by atoms with E-state index in [-0.39, 0.29) is 0 Å². The fourth-order valence-corrected chi connectivity index (χ4v) is 4.08. The first-order chi connectivity index (χ1) is 12.7. The standard InChI is InChI=1S/C20H16ClN3OS/c1-12-17(13-6-8-14(21)9-7-13)18-19(22-11-23-20(18)26-12)24-15-4-3-5-16(10-15)25-2/h3-11H,1-2H3,(H,22,23,24). The number of hydrogen-bond acceptors (Lipinski definition) is 5.